The minimum atomic E-state index is 0.157. The lowest BCUT2D eigenvalue weighted by atomic mass is 10.0. The first-order valence-electron chi connectivity index (χ1n) is 12.4. The fraction of sp³-hybridized carbons (Fsp3) is 0.233. The highest BCUT2D eigenvalue weighted by Crippen LogP contribution is 2.31. The number of hydrogen-bond donors (Lipinski definition) is 0. The summed E-state index contributed by atoms with van der Waals surface area (Å²) in [6, 6.07) is 21.5. The maximum Gasteiger partial charge on any atom is 0.219 e. The predicted octanol–water partition coefficient (Wildman–Crippen LogP) is 5.50. The molecule has 3 aromatic heterocycles. The molecule has 1 amide bonds. The van der Waals surface area contributed by atoms with E-state index >= 15 is 0 Å². The summed E-state index contributed by atoms with van der Waals surface area (Å²) in [7, 11) is 0. The van der Waals surface area contributed by atoms with Crippen LogP contribution in [0.15, 0.2) is 73.1 Å². The van der Waals surface area contributed by atoms with Crippen molar-refractivity contribution in [3.63, 3.8) is 0 Å². The van der Waals surface area contributed by atoms with Gasteiger partial charge < -0.3 is 9.80 Å². The summed E-state index contributed by atoms with van der Waals surface area (Å²) in [6.45, 7) is 9.09. The van der Waals surface area contributed by atoms with Crippen LogP contribution in [0.2, 0.25) is 0 Å². The second-order valence-corrected chi connectivity index (χ2v) is 9.66. The van der Waals surface area contributed by atoms with E-state index in [2.05, 4.69) is 83.1 Å². The molecule has 1 aliphatic heterocycles. The molecular formula is C30H29N5O. The van der Waals surface area contributed by atoms with E-state index in [1.807, 2.05) is 18.0 Å². The first-order valence-corrected chi connectivity index (χ1v) is 12.4. The van der Waals surface area contributed by atoms with Gasteiger partial charge in [0.05, 0.1) is 17.4 Å². The van der Waals surface area contributed by atoms with Gasteiger partial charge in [-0.15, -0.1) is 0 Å². The van der Waals surface area contributed by atoms with Crippen molar-refractivity contribution in [2.45, 2.75) is 20.8 Å². The highest BCUT2D eigenvalue weighted by atomic mass is 16.2. The standard InChI is InChI=1S/C30H29N5O/c1-20-4-9-28-26(16-20)27(17-21(2)32-28)29-19-31-30-18-24(10-11-35(29)30)23-5-7-25(8-6-23)34-14-12-33(13-15-34)22(3)36/h4-11,16-19H,12-15H2,1-3H3. The maximum atomic E-state index is 11.6. The van der Waals surface area contributed by atoms with Crippen LogP contribution >= 0.6 is 0 Å². The van der Waals surface area contributed by atoms with Crippen molar-refractivity contribution in [2.75, 3.05) is 31.1 Å². The van der Waals surface area contributed by atoms with E-state index in [-0.39, 0.29) is 5.91 Å². The SMILES string of the molecule is CC(=O)N1CCN(c2ccc(-c3ccn4c(-c5cc(C)nc6ccc(C)cc56)cnc4c3)cc2)CC1. The van der Waals surface area contributed by atoms with Crippen molar-refractivity contribution in [1.82, 2.24) is 19.3 Å². The van der Waals surface area contributed by atoms with E-state index in [9.17, 15) is 4.79 Å². The normalized spacial score (nSPS) is 14.1. The Labute approximate surface area is 210 Å². The number of rotatable bonds is 3. The summed E-state index contributed by atoms with van der Waals surface area (Å²) in [6.07, 6.45) is 4.07. The van der Waals surface area contributed by atoms with Gasteiger partial charge in [0, 0.05) is 61.6 Å². The summed E-state index contributed by atoms with van der Waals surface area (Å²) in [4.78, 5) is 25.3. The molecule has 0 spiro atoms. The number of fused-ring (bicyclic) bond motifs is 2. The molecule has 0 saturated carbocycles. The molecule has 0 atom stereocenters. The Morgan fingerprint density at radius 2 is 1.64 bits per heavy atom. The summed E-state index contributed by atoms with van der Waals surface area (Å²) in [5, 5.41) is 1.14. The maximum absolute atomic E-state index is 11.6. The number of imidazole rings is 1. The topological polar surface area (TPSA) is 53.7 Å². The highest BCUT2D eigenvalue weighted by molar-refractivity contribution is 5.94. The zero-order chi connectivity index (χ0) is 24.8. The number of nitrogens with zero attached hydrogens (tertiary/aromatic N) is 5. The Balaban J connectivity index is 1.30. The highest BCUT2D eigenvalue weighted by Gasteiger charge is 2.19. The summed E-state index contributed by atoms with van der Waals surface area (Å²) in [5.74, 6) is 0.157. The van der Waals surface area contributed by atoms with Crippen molar-refractivity contribution in [3.05, 3.63) is 84.3 Å². The molecule has 36 heavy (non-hydrogen) atoms. The average molecular weight is 476 g/mol. The Bertz CT molecular complexity index is 1590. The van der Waals surface area contributed by atoms with E-state index < -0.39 is 0 Å². The Kier molecular flexibility index (Phi) is 5.44. The minimum Gasteiger partial charge on any atom is -0.368 e. The quantitative estimate of drug-likeness (QED) is 0.346. The van der Waals surface area contributed by atoms with Crippen molar-refractivity contribution in [3.8, 4) is 22.4 Å². The van der Waals surface area contributed by atoms with Crippen molar-refractivity contribution < 1.29 is 4.79 Å². The number of carbonyl (C=O) groups is 1. The van der Waals surface area contributed by atoms with Crippen molar-refractivity contribution in [1.29, 1.82) is 0 Å². The van der Waals surface area contributed by atoms with E-state index in [0.29, 0.717) is 0 Å². The summed E-state index contributed by atoms with van der Waals surface area (Å²) in [5.41, 5.74) is 9.85. The van der Waals surface area contributed by atoms with Gasteiger partial charge in [-0.1, -0.05) is 23.8 Å². The van der Waals surface area contributed by atoms with Crippen LogP contribution in [0.3, 0.4) is 0 Å². The number of aryl methyl sites for hydroxylation is 2. The molecule has 1 fully saturated rings. The number of aromatic nitrogens is 3. The number of carbonyl (C=O) groups excluding carboxylic acids is 1. The molecular weight excluding hydrogens is 446 g/mol. The third-order valence-electron chi connectivity index (χ3n) is 7.17. The molecule has 1 saturated heterocycles. The minimum absolute atomic E-state index is 0.157. The van der Waals surface area contributed by atoms with E-state index in [4.69, 9.17) is 9.97 Å². The largest absolute Gasteiger partial charge is 0.368 e. The fourth-order valence-corrected chi connectivity index (χ4v) is 5.19. The first kappa shape index (κ1) is 22.3. The van der Waals surface area contributed by atoms with Crippen LogP contribution in [0.4, 0.5) is 5.69 Å². The molecule has 6 nitrogen and oxygen atoms in total. The molecule has 0 unspecified atom stereocenters. The second kappa shape index (κ2) is 8.79. The zero-order valence-electron chi connectivity index (χ0n) is 20.9. The fourth-order valence-electron chi connectivity index (χ4n) is 5.19. The number of hydrogen-bond acceptors (Lipinski definition) is 4. The van der Waals surface area contributed by atoms with Crippen LogP contribution in [-0.2, 0) is 4.79 Å². The Morgan fingerprint density at radius 1 is 0.861 bits per heavy atom. The summed E-state index contributed by atoms with van der Waals surface area (Å²) >= 11 is 0. The van der Waals surface area contributed by atoms with Crippen LogP contribution < -0.4 is 4.90 Å². The molecule has 4 heterocycles. The van der Waals surface area contributed by atoms with E-state index in [0.717, 1.165) is 70.8 Å². The molecule has 6 heteroatoms. The van der Waals surface area contributed by atoms with Gasteiger partial charge in [0.25, 0.3) is 0 Å². The lowest BCUT2D eigenvalue weighted by Crippen LogP contribution is -2.48. The zero-order valence-corrected chi connectivity index (χ0v) is 20.9. The van der Waals surface area contributed by atoms with Gasteiger partial charge in [-0.25, -0.2) is 4.98 Å². The molecule has 5 aromatic rings. The predicted molar refractivity (Wildman–Crippen MR) is 145 cm³/mol. The molecule has 2 aromatic carbocycles. The van der Waals surface area contributed by atoms with Gasteiger partial charge in [-0.2, -0.15) is 0 Å². The first-order chi connectivity index (χ1) is 17.5. The monoisotopic (exact) mass is 475 g/mol. The lowest BCUT2D eigenvalue weighted by Gasteiger charge is -2.35. The molecule has 0 N–H and O–H groups in total. The molecule has 6 rings (SSSR count). The van der Waals surface area contributed by atoms with Gasteiger partial charge in [0.15, 0.2) is 0 Å². The van der Waals surface area contributed by atoms with Crippen LogP contribution in [0, 0.1) is 13.8 Å². The molecule has 180 valence electrons. The van der Waals surface area contributed by atoms with Crippen molar-refractivity contribution >= 4 is 28.1 Å². The smallest absolute Gasteiger partial charge is 0.219 e. The summed E-state index contributed by atoms with van der Waals surface area (Å²) < 4.78 is 2.16. The number of anilines is 1. The molecule has 1 aliphatic rings. The lowest BCUT2D eigenvalue weighted by molar-refractivity contribution is -0.129. The molecule has 0 radical (unpaired) electrons. The average Bonchev–Trinajstić information content (AvgIpc) is 3.32. The van der Waals surface area contributed by atoms with Crippen LogP contribution in [0.5, 0.6) is 0 Å². The van der Waals surface area contributed by atoms with Gasteiger partial charge >= 0.3 is 0 Å². The van der Waals surface area contributed by atoms with Crippen LogP contribution in [-0.4, -0.2) is 51.4 Å². The van der Waals surface area contributed by atoms with Crippen LogP contribution in [0.1, 0.15) is 18.2 Å². The van der Waals surface area contributed by atoms with Gasteiger partial charge in [0.1, 0.15) is 5.65 Å². The Morgan fingerprint density at radius 3 is 2.39 bits per heavy atom. The van der Waals surface area contributed by atoms with Gasteiger partial charge in [0.2, 0.25) is 5.91 Å². The van der Waals surface area contributed by atoms with Gasteiger partial charge in [-0.3, -0.25) is 14.2 Å². The Hall–Kier alpha value is -4.19. The van der Waals surface area contributed by atoms with Crippen LogP contribution in [0.25, 0.3) is 38.9 Å². The number of pyridine rings is 2. The number of piperazine rings is 1. The van der Waals surface area contributed by atoms with Crippen molar-refractivity contribution in [2.24, 2.45) is 0 Å². The molecule has 0 aliphatic carbocycles. The number of benzene rings is 2. The number of amides is 1. The van der Waals surface area contributed by atoms with E-state index in [1.165, 1.54) is 11.3 Å². The van der Waals surface area contributed by atoms with Gasteiger partial charge in [-0.05, 0) is 67.4 Å². The third kappa shape index (κ3) is 3.98. The van der Waals surface area contributed by atoms with E-state index in [1.54, 1.807) is 6.92 Å². The third-order valence-corrected chi connectivity index (χ3v) is 7.17. The second-order valence-electron chi connectivity index (χ2n) is 9.66. The molecule has 0 bridgehead atoms.